The summed E-state index contributed by atoms with van der Waals surface area (Å²) in [5, 5.41) is 0. The highest BCUT2D eigenvalue weighted by atomic mass is 32.2. The normalized spacial score (nSPS) is 15.9. The van der Waals surface area contributed by atoms with Crippen LogP contribution < -0.4 is 9.80 Å². The Morgan fingerprint density at radius 3 is 2.45 bits per heavy atom. The summed E-state index contributed by atoms with van der Waals surface area (Å²) in [5.41, 5.74) is 1.70. The number of nitrogens with zero attached hydrogens (tertiary/aromatic N) is 3. The number of hydrogen-bond donors (Lipinski definition) is 0. The van der Waals surface area contributed by atoms with Gasteiger partial charge in [-0.2, -0.15) is 0 Å². The molecule has 0 amide bonds. The standard InChI is InChI=1S/C22H30FN3O2S/c1-4-25(5-2)21-17-19(26-13-7-12-24(3)14-15-26)10-11-22(21)29(27,28)20-9-6-8-18(23)16-20/h6,8-11,16-17H,4-5,7,12-15H2,1-3H3. The van der Waals surface area contributed by atoms with E-state index in [9.17, 15) is 12.8 Å². The van der Waals surface area contributed by atoms with Crippen molar-refractivity contribution in [3.05, 3.63) is 48.3 Å². The lowest BCUT2D eigenvalue weighted by molar-refractivity contribution is 0.360. The van der Waals surface area contributed by atoms with E-state index in [0.29, 0.717) is 18.8 Å². The second-order valence-corrected chi connectivity index (χ2v) is 9.35. The van der Waals surface area contributed by atoms with E-state index in [1.165, 1.54) is 18.2 Å². The minimum Gasteiger partial charge on any atom is -0.371 e. The number of benzene rings is 2. The number of hydrogen-bond acceptors (Lipinski definition) is 5. The first-order valence-electron chi connectivity index (χ1n) is 10.2. The summed E-state index contributed by atoms with van der Waals surface area (Å²) in [7, 11) is -1.70. The lowest BCUT2D eigenvalue weighted by atomic mass is 10.2. The molecular weight excluding hydrogens is 389 g/mol. The van der Waals surface area contributed by atoms with Crippen molar-refractivity contribution in [1.29, 1.82) is 0 Å². The maximum Gasteiger partial charge on any atom is 0.208 e. The van der Waals surface area contributed by atoms with Crippen LogP contribution in [0.2, 0.25) is 0 Å². The first-order valence-corrected chi connectivity index (χ1v) is 11.7. The van der Waals surface area contributed by atoms with Crippen LogP contribution in [0.25, 0.3) is 0 Å². The molecule has 0 radical (unpaired) electrons. The molecule has 0 aliphatic carbocycles. The van der Waals surface area contributed by atoms with Gasteiger partial charge in [-0.3, -0.25) is 0 Å². The molecule has 0 bridgehead atoms. The van der Waals surface area contributed by atoms with E-state index in [4.69, 9.17) is 0 Å². The van der Waals surface area contributed by atoms with Gasteiger partial charge >= 0.3 is 0 Å². The summed E-state index contributed by atoms with van der Waals surface area (Å²) in [6, 6.07) is 10.8. The molecule has 0 spiro atoms. The Hall–Kier alpha value is -2.12. The minimum atomic E-state index is -3.83. The SMILES string of the molecule is CCN(CC)c1cc(N2CCCN(C)CC2)ccc1S(=O)(=O)c1cccc(F)c1. The third-order valence-electron chi connectivity index (χ3n) is 5.53. The van der Waals surface area contributed by atoms with Crippen molar-refractivity contribution in [3.8, 4) is 0 Å². The van der Waals surface area contributed by atoms with Crippen LogP contribution in [-0.4, -0.2) is 59.6 Å². The average Bonchev–Trinajstić information content (AvgIpc) is 2.93. The predicted octanol–water partition coefficient (Wildman–Crippen LogP) is 3.65. The monoisotopic (exact) mass is 419 g/mol. The van der Waals surface area contributed by atoms with E-state index in [0.717, 1.165) is 44.4 Å². The van der Waals surface area contributed by atoms with Gasteiger partial charge in [-0.05, 0) is 70.3 Å². The summed E-state index contributed by atoms with van der Waals surface area (Å²) >= 11 is 0. The Bertz CT molecular complexity index is 945. The molecule has 3 rings (SSSR count). The van der Waals surface area contributed by atoms with Gasteiger partial charge in [0.1, 0.15) is 5.82 Å². The van der Waals surface area contributed by atoms with Gasteiger partial charge in [-0.25, -0.2) is 12.8 Å². The third-order valence-corrected chi connectivity index (χ3v) is 7.33. The zero-order chi connectivity index (χ0) is 21.0. The van der Waals surface area contributed by atoms with Crippen LogP contribution in [0.3, 0.4) is 0 Å². The molecule has 0 atom stereocenters. The van der Waals surface area contributed by atoms with E-state index >= 15 is 0 Å². The summed E-state index contributed by atoms with van der Waals surface area (Å²) in [6.45, 7) is 9.28. The van der Waals surface area contributed by atoms with Gasteiger partial charge in [-0.15, -0.1) is 0 Å². The van der Waals surface area contributed by atoms with Crippen molar-refractivity contribution in [2.24, 2.45) is 0 Å². The molecule has 1 aliphatic rings. The second kappa shape index (κ2) is 9.13. The lowest BCUT2D eigenvalue weighted by Gasteiger charge is -2.28. The molecule has 2 aromatic carbocycles. The largest absolute Gasteiger partial charge is 0.371 e. The molecule has 1 saturated heterocycles. The Morgan fingerprint density at radius 2 is 1.76 bits per heavy atom. The number of sulfone groups is 1. The fraction of sp³-hybridized carbons (Fsp3) is 0.455. The molecular formula is C22H30FN3O2S. The average molecular weight is 420 g/mol. The van der Waals surface area contributed by atoms with Crippen LogP contribution in [0.4, 0.5) is 15.8 Å². The van der Waals surface area contributed by atoms with Gasteiger partial charge in [-0.1, -0.05) is 6.07 Å². The highest BCUT2D eigenvalue weighted by Crippen LogP contribution is 2.34. The zero-order valence-corrected chi connectivity index (χ0v) is 18.3. The first kappa shape index (κ1) is 21.6. The molecule has 0 saturated carbocycles. The fourth-order valence-electron chi connectivity index (χ4n) is 3.81. The molecule has 2 aromatic rings. The van der Waals surface area contributed by atoms with Crippen molar-refractivity contribution in [2.45, 2.75) is 30.1 Å². The van der Waals surface area contributed by atoms with Gasteiger partial charge in [0.25, 0.3) is 0 Å². The summed E-state index contributed by atoms with van der Waals surface area (Å²) in [5.74, 6) is -0.555. The number of anilines is 2. The van der Waals surface area contributed by atoms with Gasteiger partial charge in [0.15, 0.2) is 0 Å². The van der Waals surface area contributed by atoms with E-state index < -0.39 is 15.7 Å². The quantitative estimate of drug-likeness (QED) is 0.715. The molecule has 1 fully saturated rings. The van der Waals surface area contributed by atoms with Crippen LogP contribution in [0.5, 0.6) is 0 Å². The molecule has 1 aliphatic heterocycles. The Kier molecular flexibility index (Phi) is 6.80. The zero-order valence-electron chi connectivity index (χ0n) is 17.4. The summed E-state index contributed by atoms with van der Waals surface area (Å²) in [4.78, 5) is 6.88. The Balaban J connectivity index is 2.07. The van der Waals surface area contributed by atoms with E-state index in [-0.39, 0.29) is 9.79 Å². The second-order valence-electron chi connectivity index (χ2n) is 7.43. The summed E-state index contributed by atoms with van der Waals surface area (Å²) in [6.07, 6.45) is 1.07. The number of halogens is 1. The van der Waals surface area contributed by atoms with Gasteiger partial charge in [0.2, 0.25) is 9.84 Å². The molecule has 29 heavy (non-hydrogen) atoms. The molecule has 0 N–H and O–H groups in total. The Labute approximate surface area is 173 Å². The van der Waals surface area contributed by atoms with Gasteiger partial charge in [0.05, 0.1) is 15.5 Å². The molecule has 0 aromatic heterocycles. The highest BCUT2D eigenvalue weighted by molar-refractivity contribution is 7.91. The molecule has 7 heteroatoms. The first-order chi connectivity index (χ1) is 13.9. The van der Waals surface area contributed by atoms with Crippen LogP contribution in [0, 0.1) is 5.82 Å². The van der Waals surface area contributed by atoms with Crippen molar-refractivity contribution in [1.82, 2.24) is 4.90 Å². The third kappa shape index (κ3) is 4.73. The van der Waals surface area contributed by atoms with Crippen molar-refractivity contribution < 1.29 is 12.8 Å². The fourth-order valence-corrected chi connectivity index (χ4v) is 5.30. The van der Waals surface area contributed by atoms with Crippen LogP contribution in [0.1, 0.15) is 20.3 Å². The van der Waals surface area contributed by atoms with Gasteiger partial charge < -0.3 is 14.7 Å². The topological polar surface area (TPSA) is 43.9 Å². The van der Waals surface area contributed by atoms with Crippen molar-refractivity contribution in [2.75, 3.05) is 56.1 Å². The number of rotatable bonds is 6. The predicted molar refractivity (Wildman–Crippen MR) is 116 cm³/mol. The van der Waals surface area contributed by atoms with Crippen LogP contribution >= 0.6 is 0 Å². The lowest BCUT2D eigenvalue weighted by Crippen LogP contribution is -2.29. The van der Waals surface area contributed by atoms with E-state index in [2.05, 4.69) is 16.8 Å². The minimum absolute atomic E-state index is 0.0185. The Morgan fingerprint density at radius 1 is 1.00 bits per heavy atom. The molecule has 5 nitrogen and oxygen atoms in total. The van der Waals surface area contributed by atoms with Gasteiger partial charge in [0, 0.05) is 38.4 Å². The highest BCUT2D eigenvalue weighted by Gasteiger charge is 2.25. The summed E-state index contributed by atoms with van der Waals surface area (Å²) < 4.78 is 40.3. The van der Waals surface area contributed by atoms with Crippen LogP contribution in [0.15, 0.2) is 52.3 Å². The van der Waals surface area contributed by atoms with E-state index in [1.54, 1.807) is 6.07 Å². The smallest absolute Gasteiger partial charge is 0.208 e. The van der Waals surface area contributed by atoms with Crippen molar-refractivity contribution in [3.63, 3.8) is 0 Å². The maximum atomic E-state index is 13.7. The maximum absolute atomic E-state index is 13.7. The molecule has 158 valence electrons. The molecule has 0 unspecified atom stereocenters. The van der Waals surface area contributed by atoms with Crippen molar-refractivity contribution >= 4 is 21.2 Å². The molecule has 1 heterocycles. The number of likely N-dealkylation sites (N-methyl/N-ethyl adjacent to an activating group) is 1. The van der Waals surface area contributed by atoms with E-state index in [1.807, 2.05) is 30.9 Å². The van der Waals surface area contributed by atoms with Crippen LogP contribution in [-0.2, 0) is 9.84 Å².